The molecule has 0 aliphatic heterocycles. The number of anilines is 1. The predicted octanol–water partition coefficient (Wildman–Crippen LogP) is 3.74. The zero-order valence-electron chi connectivity index (χ0n) is 16.3. The number of nitrogens with zero attached hydrogens (tertiary/aromatic N) is 3. The lowest BCUT2D eigenvalue weighted by Crippen LogP contribution is -2.16. The van der Waals surface area contributed by atoms with E-state index < -0.39 is 5.91 Å². The van der Waals surface area contributed by atoms with E-state index in [2.05, 4.69) is 29.4 Å². The van der Waals surface area contributed by atoms with Crippen molar-refractivity contribution in [2.45, 2.75) is 37.9 Å². The van der Waals surface area contributed by atoms with Crippen molar-refractivity contribution in [3.8, 4) is 10.7 Å². The number of hydrogen-bond acceptors (Lipinski definition) is 6. The molecule has 0 atom stereocenters. The largest absolute Gasteiger partial charge is 0.370 e. The number of aromatic nitrogens is 3. The SMILES string of the molecule is CC(C)c1cccc(NC(=O)CSc2nnc(-c3cccs3)n2CCC(N)=O)c1. The number of nitrogens with two attached hydrogens (primary N) is 1. The maximum Gasteiger partial charge on any atom is 0.234 e. The van der Waals surface area contributed by atoms with Crippen LogP contribution in [0.2, 0.25) is 0 Å². The third kappa shape index (κ3) is 5.68. The van der Waals surface area contributed by atoms with Crippen LogP contribution in [0.15, 0.2) is 46.9 Å². The number of primary amides is 1. The Balaban J connectivity index is 1.68. The fourth-order valence-corrected chi connectivity index (χ4v) is 4.19. The summed E-state index contributed by atoms with van der Waals surface area (Å²) < 4.78 is 1.84. The summed E-state index contributed by atoms with van der Waals surface area (Å²) in [6.07, 6.45) is 0.179. The molecule has 9 heteroatoms. The van der Waals surface area contributed by atoms with Gasteiger partial charge in [0.25, 0.3) is 0 Å². The predicted molar refractivity (Wildman–Crippen MR) is 117 cm³/mol. The van der Waals surface area contributed by atoms with Crippen molar-refractivity contribution in [2.75, 3.05) is 11.1 Å². The van der Waals surface area contributed by atoms with Crippen LogP contribution in [0.4, 0.5) is 5.69 Å². The van der Waals surface area contributed by atoms with Crippen molar-refractivity contribution in [2.24, 2.45) is 5.73 Å². The topological polar surface area (TPSA) is 103 Å². The average molecular weight is 430 g/mol. The highest BCUT2D eigenvalue weighted by Crippen LogP contribution is 2.27. The molecular formula is C20H23N5O2S2. The van der Waals surface area contributed by atoms with E-state index >= 15 is 0 Å². The number of hydrogen-bond donors (Lipinski definition) is 2. The molecule has 152 valence electrons. The second-order valence-corrected chi connectivity index (χ2v) is 8.66. The molecule has 3 aromatic rings. The van der Waals surface area contributed by atoms with Crippen LogP contribution in [-0.2, 0) is 16.1 Å². The van der Waals surface area contributed by atoms with Gasteiger partial charge in [0.1, 0.15) is 0 Å². The van der Waals surface area contributed by atoms with E-state index in [9.17, 15) is 9.59 Å². The fourth-order valence-electron chi connectivity index (χ4n) is 2.71. The van der Waals surface area contributed by atoms with Gasteiger partial charge in [-0.2, -0.15) is 0 Å². The second kappa shape index (κ2) is 9.71. The highest BCUT2D eigenvalue weighted by Gasteiger charge is 2.17. The summed E-state index contributed by atoms with van der Waals surface area (Å²) in [5.74, 6) is 0.729. The van der Waals surface area contributed by atoms with Crippen LogP contribution in [0.3, 0.4) is 0 Å². The van der Waals surface area contributed by atoms with E-state index in [1.807, 2.05) is 46.3 Å². The van der Waals surface area contributed by atoms with Crippen LogP contribution >= 0.6 is 23.1 Å². The molecule has 3 rings (SSSR count). The Labute approximate surface area is 177 Å². The molecule has 0 saturated carbocycles. The molecule has 0 aliphatic rings. The van der Waals surface area contributed by atoms with E-state index in [0.29, 0.717) is 23.4 Å². The summed E-state index contributed by atoms with van der Waals surface area (Å²) >= 11 is 2.82. The smallest absolute Gasteiger partial charge is 0.234 e. The number of nitrogens with one attached hydrogen (secondary N) is 1. The van der Waals surface area contributed by atoms with E-state index in [0.717, 1.165) is 10.6 Å². The van der Waals surface area contributed by atoms with Gasteiger partial charge in [-0.15, -0.1) is 21.5 Å². The van der Waals surface area contributed by atoms with E-state index in [1.54, 1.807) is 0 Å². The molecule has 0 spiro atoms. The molecule has 2 aromatic heterocycles. The lowest BCUT2D eigenvalue weighted by atomic mass is 10.0. The number of carbonyl (C=O) groups is 2. The van der Waals surface area contributed by atoms with Crippen LogP contribution in [-0.4, -0.2) is 32.3 Å². The van der Waals surface area contributed by atoms with Crippen molar-refractivity contribution in [3.05, 3.63) is 47.3 Å². The van der Waals surface area contributed by atoms with Crippen molar-refractivity contribution in [1.29, 1.82) is 0 Å². The van der Waals surface area contributed by atoms with Gasteiger partial charge < -0.3 is 15.6 Å². The lowest BCUT2D eigenvalue weighted by Gasteiger charge is -2.10. The molecule has 0 bridgehead atoms. The first kappa shape index (κ1) is 21.1. The Bertz CT molecular complexity index is 983. The summed E-state index contributed by atoms with van der Waals surface area (Å²) in [7, 11) is 0. The third-order valence-corrected chi connectivity index (χ3v) is 6.04. The molecule has 0 radical (unpaired) electrons. The van der Waals surface area contributed by atoms with Gasteiger partial charge in [-0.1, -0.05) is 43.8 Å². The minimum Gasteiger partial charge on any atom is -0.370 e. The van der Waals surface area contributed by atoms with Gasteiger partial charge in [0.2, 0.25) is 11.8 Å². The van der Waals surface area contributed by atoms with Crippen LogP contribution in [0.1, 0.15) is 31.7 Å². The molecule has 0 aliphatic carbocycles. The monoisotopic (exact) mass is 429 g/mol. The minimum atomic E-state index is -0.394. The molecule has 0 unspecified atom stereocenters. The van der Waals surface area contributed by atoms with Crippen molar-refractivity contribution in [1.82, 2.24) is 14.8 Å². The first-order valence-electron chi connectivity index (χ1n) is 9.22. The summed E-state index contributed by atoms with van der Waals surface area (Å²) in [4.78, 5) is 24.6. The normalized spacial score (nSPS) is 11.0. The van der Waals surface area contributed by atoms with Crippen LogP contribution in [0.5, 0.6) is 0 Å². The first-order chi connectivity index (χ1) is 13.9. The molecule has 29 heavy (non-hydrogen) atoms. The van der Waals surface area contributed by atoms with Gasteiger partial charge in [-0.3, -0.25) is 9.59 Å². The van der Waals surface area contributed by atoms with Gasteiger partial charge in [0.05, 0.1) is 10.6 Å². The van der Waals surface area contributed by atoms with E-state index in [4.69, 9.17) is 5.73 Å². The summed E-state index contributed by atoms with van der Waals surface area (Å²) in [5, 5.41) is 13.9. The van der Waals surface area contributed by atoms with Gasteiger partial charge in [0, 0.05) is 18.7 Å². The second-order valence-electron chi connectivity index (χ2n) is 6.77. The van der Waals surface area contributed by atoms with Crippen LogP contribution in [0.25, 0.3) is 10.7 Å². The Morgan fingerprint density at radius 3 is 2.76 bits per heavy atom. The molecule has 3 N–H and O–H groups in total. The quantitative estimate of drug-likeness (QED) is 0.505. The molecule has 7 nitrogen and oxygen atoms in total. The molecule has 0 saturated heterocycles. The van der Waals surface area contributed by atoms with E-state index in [1.165, 1.54) is 28.7 Å². The molecule has 2 amide bonds. The maximum atomic E-state index is 12.4. The standard InChI is InChI=1S/C20H23N5O2S2/c1-13(2)14-5-3-6-15(11-14)22-18(27)12-29-20-24-23-19(16-7-4-10-28-16)25(20)9-8-17(21)26/h3-7,10-11,13H,8-9,12H2,1-2H3,(H2,21,26)(H,22,27). The molecule has 1 aromatic carbocycles. The molecular weight excluding hydrogens is 406 g/mol. The summed E-state index contributed by atoms with van der Waals surface area (Å²) in [6, 6.07) is 11.7. The Kier molecular flexibility index (Phi) is 7.05. The molecule has 0 fully saturated rings. The number of thiophene rings is 1. The zero-order valence-corrected chi connectivity index (χ0v) is 17.9. The highest BCUT2D eigenvalue weighted by atomic mass is 32.2. The van der Waals surface area contributed by atoms with Gasteiger partial charge in [-0.25, -0.2) is 0 Å². The van der Waals surface area contributed by atoms with E-state index in [-0.39, 0.29) is 18.1 Å². The van der Waals surface area contributed by atoms with Gasteiger partial charge in [-0.05, 0) is 35.1 Å². The van der Waals surface area contributed by atoms with Crippen molar-refractivity contribution >= 4 is 40.6 Å². The third-order valence-electron chi connectivity index (χ3n) is 4.21. The maximum absolute atomic E-state index is 12.4. The van der Waals surface area contributed by atoms with Crippen molar-refractivity contribution in [3.63, 3.8) is 0 Å². The number of rotatable bonds is 9. The zero-order chi connectivity index (χ0) is 20.8. The van der Waals surface area contributed by atoms with Gasteiger partial charge in [0.15, 0.2) is 11.0 Å². The van der Waals surface area contributed by atoms with Crippen molar-refractivity contribution < 1.29 is 9.59 Å². The van der Waals surface area contributed by atoms with Crippen LogP contribution in [0, 0.1) is 0 Å². The fraction of sp³-hybridized carbons (Fsp3) is 0.300. The lowest BCUT2D eigenvalue weighted by molar-refractivity contribution is -0.118. The number of thioether (sulfide) groups is 1. The Morgan fingerprint density at radius 2 is 2.07 bits per heavy atom. The van der Waals surface area contributed by atoms with Crippen LogP contribution < -0.4 is 11.1 Å². The average Bonchev–Trinajstić information content (AvgIpc) is 3.34. The summed E-state index contributed by atoms with van der Waals surface area (Å²) in [5.41, 5.74) is 7.25. The number of amides is 2. The first-order valence-corrected chi connectivity index (χ1v) is 11.1. The number of carbonyl (C=O) groups excluding carboxylic acids is 2. The highest BCUT2D eigenvalue weighted by molar-refractivity contribution is 7.99. The van der Waals surface area contributed by atoms with Gasteiger partial charge >= 0.3 is 0 Å². The Hall–Kier alpha value is -2.65. The Morgan fingerprint density at radius 1 is 1.24 bits per heavy atom. The summed E-state index contributed by atoms with van der Waals surface area (Å²) in [6.45, 7) is 4.59. The molecule has 2 heterocycles. The minimum absolute atomic E-state index is 0.127. The number of benzene rings is 1.